The third-order valence-electron chi connectivity index (χ3n) is 3.71. The highest BCUT2D eigenvalue weighted by molar-refractivity contribution is 6.07. The third kappa shape index (κ3) is 2.88. The van der Waals surface area contributed by atoms with E-state index in [4.69, 9.17) is 0 Å². The molecule has 1 aliphatic heterocycles. The van der Waals surface area contributed by atoms with Crippen molar-refractivity contribution in [3.63, 3.8) is 0 Å². The van der Waals surface area contributed by atoms with Crippen molar-refractivity contribution in [2.75, 3.05) is 23.9 Å². The van der Waals surface area contributed by atoms with Crippen molar-refractivity contribution in [1.82, 2.24) is 0 Å². The van der Waals surface area contributed by atoms with Crippen LogP contribution < -0.4 is 10.2 Å². The van der Waals surface area contributed by atoms with Crippen LogP contribution in [0, 0.1) is 5.82 Å². The molecule has 6 heteroatoms. The first-order chi connectivity index (χ1) is 11.1. The van der Waals surface area contributed by atoms with Crippen LogP contribution in [0.25, 0.3) is 0 Å². The maximum atomic E-state index is 13.5. The number of hydrogen-bond donors (Lipinski definition) is 1. The number of carbonyl (C=O) groups is 2. The van der Waals surface area contributed by atoms with Gasteiger partial charge in [-0.15, -0.1) is 0 Å². The Kier molecular flexibility index (Phi) is 3.97. The molecule has 0 spiro atoms. The standard InChI is InChI=1S/C17H15FN2O3/c1-23-15(21)10-20-14-8-7-12(18)9-13(14)19-16(17(20)22)11-5-3-2-4-6-11/h2-9,16,19H,10H2,1H3. The fourth-order valence-corrected chi connectivity index (χ4v) is 2.58. The molecule has 0 fully saturated rings. The number of nitrogens with one attached hydrogen (secondary N) is 1. The summed E-state index contributed by atoms with van der Waals surface area (Å²) in [5, 5.41) is 3.04. The van der Waals surface area contributed by atoms with Gasteiger partial charge in [0.25, 0.3) is 5.91 Å². The van der Waals surface area contributed by atoms with Gasteiger partial charge in [-0.3, -0.25) is 14.5 Å². The van der Waals surface area contributed by atoms with Crippen molar-refractivity contribution in [2.24, 2.45) is 0 Å². The van der Waals surface area contributed by atoms with Crippen LogP contribution in [-0.4, -0.2) is 25.5 Å². The lowest BCUT2D eigenvalue weighted by atomic mass is 10.0. The molecule has 1 atom stereocenters. The summed E-state index contributed by atoms with van der Waals surface area (Å²) >= 11 is 0. The number of anilines is 2. The minimum atomic E-state index is -0.685. The minimum absolute atomic E-state index is 0.223. The van der Waals surface area contributed by atoms with E-state index in [1.165, 1.54) is 30.2 Å². The lowest BCUT2D eigenvalue weighted by Gasteiger charge is -2.34. The van der Waals surface area contributed by atoms with E-state index in [1.807, 2.05) is 18.2 Å². The molecule has 1 amide bonds. The van der Waals surface area contributed by atoms with E-state index < -0.39 is 17.8 Å². The van der Waals surface area contributed by atoms with Gasteiger partial charge in [0.2, 0.25) is 0 Å². The lowest BCUT2D eigenvalue weighted by molar-refractivity contribution is -0.140. The molecule has 1 unspecified atom stereocenters. The van der Waals surface area contributed by atoms with Crippen molar-refractivity contribution in [1.29, 1.82) is 0 Å². The minimum Gasteiger partial charge on any atom is -0.468 e. The van der Waals surface area contributed by atoms with Crippen LogP contribution in [0.4, 0.5) is 15.8 Å². The van der Waals surface area contributed by atoms with E-state index >= 15 is 0 Å². The number of nitrogens with zero attached hydrogens (tertiary/aromatic N) is 1. The van der Waals surface area contributed by atoms with E-state index in [1.54, 1.807) is 12.1 Å². The monoisotopic (exact) mass is 314 g/mol. The molecule has 1 heterocycles. The Morgan fingerprint density at radius 1 is 1.26 bits per heavy atom. The number of esters is 1. The van der Waals surface area contributed by atoms with Crippen LogP contribution >= 0.6 is 0 Å². The summed E-state index contributed by atoms with van der Waals surface area (Å²) in [7, 11) is 1.26. The number of fused-ring (bicyclic) bond motifs is 1. The summed E-state index contributed by atoms with van der Waals surface area (Å²) in [4.78, 5) is 25.7. The van der Waals surface area contributed by atoms with Crippen molar-refractivity contribution in [3.05, 3.63) is 59.9 Å². The van der Waals surface area contributed by atoms with Crippen LogP contribution in [0.2, 0.25) is 0 Å². The van der Waals surface area contributed by atoms with Crippen molar-refractivity contribution >= 4 is 23.3 Å². The van der Waals surface area contributed by atoms with E-state index in [0.717, 1.165) is 5.56 Å². The Hall–Kier alpha value is -2.89. The second-order valence-corrected chi connectivity index (χ2v) is 5.15. The molecule has 1 aliphatic rings. The zero-order chi connectivity index (χ0) is 16.4. The predicted molar refractivity (Wildman–Crippen MR) is 83.6 cm³/mol. The highest BCUT2D eigenvalue weighted by atomic mass is 19.1. The second-order valence-electron chi connectivity index (χ2n) is 5.15. The zero-order valence-corrected chi connectivity index (χ0v) is 12.5. The molecule has 0 saturated heterocycles. The van der Waals surface area contributed by atoms with Crippen molar-refractivity contribution in [3.8, 4) is 0 Å². The number of hydrogen-bond acceptors (Lipinski definition) is 4. The van der Waals surface area contributed by atoms with Crippen molar-refractivity contribution in [2.45, 2.75) is 6.04 Å². The van der Waals surface area contributed by atoms with Gasteiger partial charge < -0.3 is 10.1 Å². The van der Waals surface area contributed by atoms with Gasteiger partial charge in [-0.1, -0.05) is 30.3 Å². The van der Waals surface area contributed by atoms with Crippen LogP contribution in [0.15, 0.2) is 48.5 Å². The summed E-state index contributed by atoms with van der Waals surface area (Å²) in [6, 6.07) is 12.4. The van der Waals surface area contributed by atoms with Gasteiger partial charge >= 0.3 is 5.97 Å². The van der Waals surface area contributed by atoms with Gasteiger partial charge in [-0.2, -0.15) is 0 Å². The van der Waals surface area contributed by atoms with E-state index in [0.29, 0.717) is 11.4 Å². The Bertz CT molecular complexity index is 749. The highest BCUT2D eigenvalue weighted by Gasteiger charge is 2.34. The summed E-state index contributed by atoms with van der Waals surface area (Å²) in [5.41, 5.74) is 1.65. The molecule has 0 radical (unpaired) electrons. The SMILES string of the molecule is COC(=O)CN1C(=O)C(c2ccccc2)Nc2cc(F)ccc21. The van der Waals surface area contributed by atoms with Crippen LogP contribution in [0.1, 0.15) is 11.6 Å². The first-order valence-electron chi connectivity index (χ1n) is 7.09. The normalized spacial score (nSPS) is 16.5. The summed E-state index contributed by atoms with van der Waals surface area (Å²) in [5.74, 6) is -1.25. The van der Waals surface area contributed by atoms with E-state index in [-0.39, 0.29) is 12.5 Å². The molecule has 2 aromatic carbocycles. The van der Waals surface area contributed by atoms with Gasteiger partial charge in [-0.05, 0) is 23.8 Å². The Balaban J connectivity index is 2.04. The lowest BCUT2D eigenvalue weighted by Crippen LogP contribution is -2.45. The van der Waals surface area contributed by atoms with E-state index in [2.05, 4.69) is 10.1 Å². The smallest absolute Gasteiger partial charge is 0.325 e. The van der Waals surface area contributed by atoms with E-state index in [9.17, 15) is 14.0 Å². The summed E-state index contributed by atoms with van der Waals surface area (Å²) in [6.45, 7) is -0.223. The molecular formula is C17H15FN2O3. The van der Waals surface area contributed by atoms with Gasteiger partial charge in [0, 0.05) is 0 Å². The van der Waals surface area contributed by atoms with Gasteiger partial charge in [0.05, 0.1) is 18.5 Å². The first-order valence-corrected chi connectivity index (χ1v) is 7.09. The molecule has 0 aliphatic carbocycles. The first kappa shape index (κ1) is 15.0. The van der Waals surface area contributed by atoms with Gasteiger partial charge in [0.1, 0.15) is 18.4 Å². The largest absolute Gasteiger partial charge is 0.468 e. The highest BCUT2D eigenvalue weighted by Crippen LogP contribution is 2.36. The Morgan fingerprint density at radius 3 is 2.70 bits per heavy atom. The topological polar surface area (TPSA) is 58.6 Å². The number of methoxy groups -OCH3 is 1. The van der Waals surface area contributed by atoms with Crippen LogP contribution in [0.5, 0.6) is 0 Å². The average molecular weight is 314 g/mol. The second kappa shape index (κ2) is 6.08. The maximum Gasteiger partial charge on any atom is 0.325 e. The molecule has 23 heavy (non-hydrogen) atoms. The third-order valence-corrected chi connectivity index (χ3v) is 3.71. The number of amides is 1. The molecule has 5 nitrogen and oxygen atoms in total. The maximum absolute atomic E-state index is 13.5. The molecule has 1 N–H and O–H groups in total. The fraction of sp³-hybridized carbons (Fsp3) is 0.176. The molecule has 0 saturated carbocycles. The Morgan fingerprint density at radius 2 is 2.00 bits per heavy atom. The fourth-order valence-electron chi connectivity index (χ4n) is 2.58. The average Bonchev–Trinajstić information content (AvgIpc) is 2.57. The van der Waals surface area contributed by atoms with Gasteiger partial charge in [-0.25, -0.2) is 4.39 Å². The Labute approximate surface area is 132 Å². The van der Waals surface area contributed by atoms with Crippen LogP contribution in [0.3, 0.4) is 0 Å². The quantitative estimate of drug-likeness (QED) is 0.884. The molecule has 0 aromatic heterocycles. The molecule has 2 aromatic rings. The van der Waals surface area contributed by atoms with Crippen molar-refractivity contribution < 1.29 is 18.7 Å². The van der Waals surface area contributed by atoms with Crippen LogP contribution in [-0.2, 0) is 14.3 Å². The summed E-state index contributed by atoms with van der Waals surface area (Å²) in [6.07, 6.45) is 0. The number of ether oxygens (including phenoxy) is 1. The molecular weight excluding hydrogens is 299 g/mol. The molecule has 118 valence electrons. The predicted octanol–water partition coefficient (Wildman–Crippen LogP) is 2.50. The molecule has 0 bridgehead atoms. The van der Waals surface area contributed by atoms with Gasteiger partial charge in [0.15, 0.2) is 0 Å². The number of halogens is 1. The zero-order valence-electron chi connectivity index (χ0n) is 12.5. The molecule has 3 rings (SSSR count). The number of rotatable bonds is 3. The number of benzene rings is 2. The number of carbonyl (C=O) groups excluding carboxylic acids is 2. The summed E-state index contributed by atoms with van der Waals surface area (Å²) < 4.78 is 18.2.